The van der Waals surface area contributed by atoms with Gasteiger partial charge in [-0.25, -0.2) is 18.4 Å². The van der Waals surface area contributed by atoms with Gasteiger partial charge in [0.1, 0.15) is 0 Å². The minimum absolute atomic E-state index is 0.00336. The van der Waals surface area contributed by atoms with E-state index in [-0.39, 0.29) is 25.4 Å². The molecule has 0 saturated heterocycles. The Morgan fingerprint density at radius 2 is 1.47 bits per heavy atom. The lowest BCUT2D eigenvalue weighted by atomic mass is 10.1. The van der Waals surface area contributed by atoms with Crippen molar-refractivity contribution in [2.45, 2.75) is 39.2 Å². The number of esters is 2. The van der Waals surface area contributed by atoms with Gasteiger partial charge in [0.15, 0.2) is 17.4 Å². The maximum atomic E-state index is 14.5. The summed E-state index contributed by atoms with van der Waals surface area (Å²) in [6.45, 7) is 3.96. The molecule has 0 radical (unpaired) electrons. The minimum Gasteiger partial charge on any atom is -0.491 e. The van der Waals surface area contributed by atoms with Crippen molar-refractivity contribution < 1.29 is 32.6 Å². The molecule has 0 fully saturated rings. The van der Waals surface area contributed by atoms with Crippen LogP contribution in [0, 0.1) is 11.6 Å². The third kappa shape index (κ3) is 6.67. The van der Waals surface area contributed by atoms with Gasteiger partial charge in [-0.3, -0.25) is 0 Å². The Labute approximate surface area is 187 Å². The van der Waals surface area contributed by atoms with Gasteiger partial charge < -0.3 is 19.1 Å². The van der Waals surface area contributed by atoms with Crippen LogP contribution in [0.2, 0.25) is 0 Å². The molecule has 0 N–H and O–H groups in total. The number of ether oxygens (including phenoxy) is 3. The van der Waals surface area contributed by atoms with E-state index >= 15 is 0 Å². The van der Waals surface area contributed by atoms with E-state index in [1.165, 1.54) is 4.90 Å². The average Bonchev–Trinajstić information content (AvgIpc) is 2.79. The Kier molecular flexibility index (Phi) is 9.91. The van der Waals surface area contributed by atoms with Crippen molar-refractivity contribution in [3.63, 3.8) is 0 Å². The first-order chi connectivity index (χ1) is 15.4. The van der Waals surface area contributed by atoms with Crippen molar-refractivity contribution in [1.82, 2.24) is 0 Å². The number of carbonyl (C=O) groups excluding carboxylic acids is 2. The zero-order valence-corrected chi connectivity index (χ0v) is 18.6. The van der Waals surface area contributed by atoms with Crippen molar-refractivity contribution in [1.29, 1.82) is 0 Å². The lowest BCUT2D eigenvalue weighted by Gasteiger charge is -2.31. The maximum absolute atomic E-state index is 14.5. The first-order valence-corrected chi connectivity index (χ1v) is 10.6. The number of hydrogen-bond acceptors (Lipinski definition) is 6. The molecule has 8 heteroatoms. The molecule has 0 heterocycles. The summed E-state index contributed by atoms with van der Waals surface area (Å²) in [6, 6.07) is 9.89. The van der Waals surface area contributed by atoms with Crippen LogP contribution in [0.1, 0.15) is 32.3 Å². The van der Waals surface area contributed by atoms with E-state index in [9.17, 15) is 18.4 Å². The van der Waals surface area contributed by atoms with Gasteiger partial charge in [0.05, 0.1) is 20.3 Å². The molecule has 6 nitrogen and oxygen atoms in total. The van der Waals surface area contributed by atoms with Crippen molar-refractivity contribution in [2.75, 3.05) is 31.8 Å². The number of methoxy groups -OCH3 is 1. The number of rotatable bonds is 12. The molecule has 2 aromatic carbocycles. The van der Waals surface area contributed by atoms with Crippen LogP contribution in [0.15, 0.2) is 42.5 Å². The summed E-state index contributed by atoms with van der Waals surface area (Å²) in [4.78, 5) is 27.0. The highest BCUT2D eigenvalue weighted by molar-refractivity contribution is 6.02. The van der Waals surface area contributed by atoms with Gasteiger partial charge in [-0.2, -0.15) is 0 Å². The molecule has 0 aromatic heterocycles. The maximum Gasteiger partial charge on any atom is 0.340 e. The number of nitrogens with zero attached hydrogens (tertiary/aromatic N) is 1. The second-order valence-electron chi connectivity index (χ2n) is 7.11. The normalized spacial score (nSPS) is 10.7. The van der Waals surface area contributed by atoms with Crippen LogP contribution in [0.5, 0.6) is 5.75 Å². The second-order valence-corrected chi connectivity index (χ2v) is 7.11. The summed E-state index contributed by atoms with van der Waals surface area (Å²) < 4.78 is 44.2. The zero-order chi connectivity index (χ0) is 23.5. The summed E-state index contributed by atoms with van der Waals surface area (Å²) in [5.74, 6) is -4.12. The molecule has 174 valence electrons. The van der Waals surface area contributed by atoms with Gasteiger partial charge >= 0.3 is 11.9 Å². The largest absolute Gasteiger partial charge is 0.491 e. The molecular formula is C24H29F2NO5. The molecule has 2 aromatic rings. The number of hydrogen-bond donors (Lipinski definition) is 0. The van der Waals surface area contributed by atoms with Gasteiger partial charge in [0.2, 0.25) is 6.04 Å². The van der Waals surface area contributed by atoms with Gasteiger partial charge in [0, 0.05) is 24.4 Å². The van der Waals surface area contributed by atoms with Gasteiger partial charge in [-0.15, -0.1) is 0 Å². The third-order valence-electron chi connectivity index (χ3n) is 4.66. The van der Waals surface area contributed by atoms with Crippen LogP contribution in [-0.2, 0) is 25.5 Å². The predicted octanol–water partition coefficient (Wildman–Crippen LogP) is 4.30. The molecule has 32 heavy (non-hydrogen) atoms. The number of halogens is 2. The SMILES string of the molecule is CCCOC(=O)C(C(=O)OCCC)N(CCc1ccccc1)c1cc(F)c(OC)c(F)c1. The molecule has 0 spiro atoms. The molecule has 0 aliphatic carbocycles. The van der Waals surface area contributed by atoms with Crippen LogP contribution in [0.4, 0.5) is 14.5 Å². The van der Waals surface area contributed by atoms with Gasteiger partial charge in [0.25, 0.3) is 0 Å². The van der Waals surface area contributed by atoms with Crippen LogP contribution in [0.25, 0.3) is 0 Å². The Bertz CT molecular complexity index is 848. The standard InChI is InChI=1S/C24H29F2NO5/c1-4-13-31-23(28)21(24(29)32-14-5-2)27(12-11-17-9-7-6-8-10-17)18-15-19(25)22(30-3)20(26)16-18/h6-10,15-16,21H,4-5,11-14H2,1-3H3. The number of anilines is 1. The van der Waals surface area contributed by atoms with E-state index in [4.69, 9.17) is 14.2 Å². The molecule has 0 atom stereocenters. The number of benzene rings is 2. The van der Waals surface area contributed by atoms with Crippen molar-refractivity contribution in [2.24, 2.45) is 0 Å². The van der Waals surface area contributed by atoms with Crippen LogP contribution >= 0.6 is 0 Å². The lowest BCUT2D eigenvalue weighted by Crippen LogP contribution is -2.50. The molecule has 0 aliphatic heterocycles. The zero-order valence-electron chi connectivity index (χ0n) is 18.6. The van der Waals surface area contributed by atoms with Crippen molar-refractivity contribution >= 4 is 17.6 Å². The van der Waals surface area contributed by atoms with E-state index in [2.05, 4.69) is 0 Å². The summed E-state index contributed by atoms with van der Waals surface area (Å²) >= 11 is 0. The fourth-order valence-corrected chi connectivity index (χ4v) is 3.12. The Morgan fingerprint density at radius 3 is 1.94 bits per heavy atom. The Balaban J connectivity index is 2.48. The molecule has 0 amide bonds. The highest BCUT2D eigenvalue weighted by Crippen LogP contribution is 2.29. The van der Waals surface area contributed by atoms with Crippen LogP contribution in [0.3, 0.4) is 0 Å². The van der Waals surface area contributed by atoms with Crippen LogP contribution < -0.4 is 9.64 Å². The summed E-state index contributed by atoms with van der Waals surface area (Å²) in [7, 11) is 1.15. The van der Waals surface area contributed by atoms with E-state index in [0.717, 1.165) is 24.8 Å². The van der Waals surface area contributed by atoms with Crippen LogP contribution in [-0.4, -0.2) is 44.8 Å². The van der Waals surface area contributed by atoms with E-state index in [0.29, 0.717) is 19.3 Å². The molecule has 0 bridgehead atoms. The predicted molar refractivity (Wildman–Crippen MR) is 117 cm³/mol. The topological polar surface area (TPSA) is 65.1 Å². The van der Waals surface area contributed by atoms with Crippen molar-refractivity contribution in [3.05, 3.63) is 59.7 Å². The Morgan fingerprint density at radius 1 is 0.938 bits per heavy atom. The highest BCUT2D eigenvalue weighted by atomic mass is 19.1. The average molecular weight is 449 g/mol. The van der Waals surface area contributed by atoms with Crippen molar-refractivity contribution in [3.8, 4) is 5.75 Å². The summed E-state index contributed by atoms with van der Waals surface area (Å²) in [5.41, 5.74) is 0.929. The number of carbonyl (C=O) groups is 2. The summed E-state index contributed by atoms with van der Waals surface area (Å²) in [6.07, 6.45) is 1.52. The minimum atomic E-state index is -1.51. The lowest BCUT2D eigenvalue weighted by molar-refractivity contribution is -0.157. The molecule has 0 aliphatic rings. The molecule has 2 rings (SSSR count). The van der Waals surface area contributed by atoms with E-state index in [1.807, 2.05) is 44.2 Å². The summed E-state index contributed by atoms with van der Waals surface area (Å²) in [5, 5.41) is 0. The third-order valence-corrected chi connectivity index (χ3v) is 4.66. The monoisotopic (exact) mass is 449 g/mol. The van der Waals surface area contributed by atoms with Gasteiger partial charge in [-0.05, 0) is 24.8 Å². The quantitative estimate of drug-likeness (QED) is 0.356. The Hall–Kier alpha value is -3.16. The molecule has 0 saturated carbocycles. The highest BCUT2D eigenvalue weighted by Gasteiger charge is 2.37. The first kappa shape index (κ1) is 25.1. The second kappa shape index (κ2) is 12.6. The fraction of sp³-hybridized carbons (Fsp3) is 0.417. The fourth-order valence-electron chi connectivity index (χ4n) is 3.12. The smallest absolute Gasteiger partial charge is 0.340 e. The molecular weight excluding hydrogens is 420 g/mol. The van der Waals surface area contributed by atoms with E-state index < -0.39 is 35.4 Å². The molecule has 0 unspecified atom stereocenters. The van der Waals surface area contributed by atoms with Gasteiger partial charge in [-0.1, -0.05) is 44.2 Å². The van der Waals surface area contributed by atoms with E-state index in [1.54, 1.807) is 0 Å². The first-order valence-electron chi connectivity index (χ1n) is 10.6.